The van der Waals surface area contributed by atoms with Gasteiger partial charge >= 0.3 is 0 Å². The average Bonchev–Trinajstić information content (AvgIpc) is 2.49. The van der Waals surface area contributed by atoms with Crippen LogP contribution < -0.4 is 10.1 Å². The van der Waals surface area contributed by atoms with Crippen LogP contribution in [-0.2, 0) is 4.79 Å². The van der Waals surface area contributed by atoms with Gasteiger partial charge in [-0.1, -0.05) is 24.3 Å². The predicted molar refractivity (Wildman–Crippen MR) is 81.6 cm³/mol. The molecule has 0 aliphatic carbocycles. The van der Waals surface area contributed by atoms with E-state index in [1.807, 2.05) is 0 Å². The molecule has 0 aromatic heterocycles. The second-order valence-electron chi connectivity index (χ2n) is 4.81. The summed E-state index contributed by atoms with van der Waals surface area (Å²) in [6.45, 7) is 3.00. The van der Waals surface area contributed by atoms with E-state index in [9.17, 15) is 14.0 Å². The topological polar surface area (TPSA) is 55.4 Å². The van der Waals surface area contributed by atoms with Gasteiger partial charge in [-0.05, 0) is 38.1 Å². The third kappa shape index (κ3) is 3.91. The molecule has 4 nitrogen and oxygen atoms in total. The molecule has 22 heavy (non-hydrogen) atoms. The lowest BCUT2D eigenvalue weighted by Gasteiger charge is -2.15. The van der Waals surface area contributed by atoms with Crippen molar-refractivity contribution >= 4 is 17.4 Å². The molecule has 1 atom stereocenters. The number of ketones is 1. The predicted octanol–water partition coefficient (Wildman–Crippen LogP) is 3.43. The van der Waals surface area contributed by atoms with E-state index in [0.717, 1.165) is 0 Å². The number of halogens is 1. The first-order valence-electron chi connectivity index (χ1n) is 6.80. The summed E-state index contributed by atoms with van der Waals surface area (Å²) < 4.78 is 19.0. The summed E-state index contributed by atoms with van der Waals surface area (Å²) in [6.07, 6.45) is -0.832. The maximum atomic E-state index is 13.5. The van der Waals surface area contributed by atoms with Crippen molar-refractivity contribution in [2.45, 2.75) is 20.0 Å². The quantitative estimate of drug-likeness (QED) is 0.861. The van der Waals surface area contributed by atoms with Crippen molar-refractivity contribution in [1.29, 1.82) is 0 Å². The average molecular weight is 301 g/mol. The molecule has 2 aromatic carbocycles. The van der Waals surface area contributed by atoms with Crippen LogP contribution in [0.5, 0.6) is 5.75 Å². The molecule has 0 spiro atoms. The number of amides is 1. The Morgan fingerprint density at radius 3 is 2.55 bits per heavy atom. The highest BCUT2D eigenvalue weighted by molar-refractivity contribution is 5.95. The van der Waals surface area contributed by atoms with Gasteiger partial charge in [0, 0.05) is 5.56 Å². The van der Waals surface area contributed by atoms with Crippen molar-refractivity contribution in [3.05, 3.63) is 59.9 Å². The molecule has 0 heterocycles. The number of hydrogen-bond acceptors (Lipinski definition) is 3. The minimum atomic E-state index is -0.832. The van der Waals surface area contributed by atoms with E-state index in [4.69, 9.17) is 4.74 Å². The van der Waals surface area contributed by atoms with Crippen LogP contribution in [0.3, 0.4) is 0 Å². The normalized spacial score (nSPS) is 11.6. The van der Waals surface area contributed by atoms with Crippen molar-refractivity contribution in [3.63, 3.8) is 0 Å². The third-order valence-corrected chi connectivity index (χ3v) is 3.05. The minimum absolute atomic E-state index is 0.0890. The van der Waals surface area contributed by atoms with Gasteiger partial charge in [0.05, 0.1) is 5.69 Å². The maximum absolute atomic E-state index is 13.5. The molecule has 2 aromatic rings. The fourth-order valence-corrected chi connectivity index (χ4v) is 1.84. The fraction of sp³-hybridized carbons (Fsp3) is 0.176. The summed E-state index contributed by atoms with van der Waals surface area (Å²) in [5, 5.41) is 2.46. The number of anilines is 1. The zero-order valence-corrected chi connectivity index (χ0v) is 12.3. The Morgan fingerprint density at radius 1 is 1.14 bits per heavy atom. The summed E-state index contributed by atoms with van der Waals surface area (Å²) in [5.74, 6) is -0.669. The minimum Gasteiger partial charge on any atom is -0.481 e. The summed E-state index contributed by atoms with van der Waals surface area (Å²) >= 11 is 0. The molecule has 0 aliphatic heterocycles. The number of carbonyl (C=O) groups is 2. The zero-order chi connectivity index (χ0) is 16.1. The van der Waals surface area contributed by atoms with Crippen LogP contribution in [-0.4, -0.2) is 17.8 Å². The molecule has 2 rings (SSSR count). The molecule has 114 valence electrons. The standard InChI is InChI=1S/C17H16FNO3/c1-11(20)13-6-5-7-14(10-13)22-12(2)17(21)19-16-9-4-3-8-15(16)18/h3-10,12H,1-2H3,(H,19,21)/t12-/m1/s1. The molecule has 0 bridgehead atoms. The number of Topliss-reactive ketones (excluding diaryl/α,β-unsaturated/α-hetero) is 1. The smallest absolute Gasteiger partial charge is 0.265 e. The van der Waals surface area contributed by atoms with Crippen LogP contribution in [0.4, 0.5) is 10.1 Å². The van der Waals surface area contributed by atoms with Gasteiger partial charge in [0.15, 0.2) is 11.9 Å². The molecule has 1 N–H and O–H groups in total. The second-order valence-corrected chi connectivity index (χ2v) is 4.81. The van der Waals surface area contributed by atoms with E-state index in [-0.39, 0.29) is 11.5 Å². The van der Waals surface area contributed by atoms with Crippen LogP contribution >= 0.6 is 0 Å². The van der Waals surface area contributed by atoms with Gasteiger partial charge in [-0.3, -0.25) is 9.59 Å². The Morgan fingerprint density at radius 2 is 1.86 bits per heavy atom. The van der Waals surface area contributed by atoms with Gasteiger partial charge in [-0.25, -0.2) is 4.39 Å². The Labute approximate surface area is 127 Å². The highest BCUT2D eigenvalue weighted by Gasteiger charge is 2.16. The van der Waals surface area contributed by atoms with Gasteiger partial charge in [-0.2, -0.15) is 0 Å². The first-order valence-corrected chi connectivity index (χ1v) is 6.80. The summed E-state index contributed by atoms with van der Waals surface area (Å²) in [6, 6.07) is 12.5. The van der Waals surface area contributed by atoms with E-state index >= 15 is 0 Å². The van der Waals surface area contributed by atoms with Gasteiger partial charge in [0.1, 0.15) is 11.6 Å². The summed E-state index contributed by atoms with van der Waals surface area (Å²) in [5.41, 5.74) is 0.597. The molecule has 0 radical (unpaired) electrons. The van der Waals surface area contributed by atoms with E-state index in [2.05, 4.69) is 5.32 Å². The molecular weight excluding hydrogens is 285 g/mol. The van der Waals surface area contributed by atoms with Crippen LogP contribution in [0, 0.1) is 5.82 Å². The fourth-order valence-electron chi connectivity index (χ4n) is 1.84. The first-order chi connectivity index (χ1) is 10.5. The Balaban J connectivity index is 2.04. The lowest BCUT2D eigenvalue weighted by molar-refractivity contribution is -0.122. The highest BCUT2D eigenvalue weighted by Crippen LogP contribution is 2.17. The van der Waals surface area contributed by atoms with E-state index in [1.165, 1.54) is 25.1 Å². The van der Waals surface area contributed by atoms with Crippen LogP contribution in [0.2, 0.25) is 0 Å². The molecule has 0 saturated heterocycles. The highest BCUT2D eigenvalue weighted by atomic mass is 19.1. The number of para-hydroxylation sites is 1. The maximum Gasteiger partial charge on any atom is 0.265 e. The molecule has 1 amide bonds. The molecule has 0 aliphatic rings. The van der Waals surface area contributed by atoms with Crippen molar-refractivity contribution in [3.8, 4) is 5.75 Å². The van der Waals surface area contributed by atoms with Crippen LogP contribution in [0.15, 0.2) is 48.5 Å². The molecule has 0 saturated carbocycles. The van der Waals surface area contributed by atoms with E-state index in [0.29, 0.717) is 11.3 Å². The number of carbonyl (C=O) groups excluding carboxylic acids is 2. The van der Waals surface area contributed by atoms with Crippen LogP contribution in [0.25, 0.3) is 0 Å². The van der Waals surface area contributed by atoms with Crippen molar-refractivity contribution in [1.82, 2.24) is 0 Å². The second kappa shape index (κ2) is 6.85. The Hall–Kier alpha value is -2.69. The lowest BCUT2D eigenvalue weighted by Crippen LogP contribution is -2.30. The monoisotopic (exact) mass is 301 g/mol. The molecule has 0 unspecified atom stereocenters. The van der Waals surface area contributed by atoms with Crippen molar-refractivity contribution in [2.75, 3.05) is 5.32 Å². The Kier molecular flexibility index (Phi) is 4.88. The third-order valence-electron chi connectivity index (χ3n) is 3.05. The molecule has 5 heteroatoms. The zero-order valence-electron chi connectivity index (χ0n) is 12.3. The van der Waals surface area contributed by atoms with Gasteiger partial charge < -0.3 is 10.1 Å². The van der Waals surface area contributed by atoms with Gasteiger partial charge in [0.25, 0.3) is 5.91 Å². The lowest BCUT2D eigenvalue weighted by atomic mass is 10.1. The molecular formula is C17H16FNO3. The number of nitrogens with one attached hydrogen (secondary N) is 1. The molecule has 0 fully saturated rings. The van der Waals surface area contributed by atoms with Gasteiger partial charge in [-0.15, -0.1) is 0 Å². The number of rotatable bonds is 5. The van der Waals surface area contributed by atoms with Gasteiger partial charge in [0.2, 0.25) is 0 Å². The number of ether oxygens (including phenoxy) is 1. The number of benzene rings is 2. The summed E-state index contributed by atoms with van der Waals surface area (Å²) in [4.78, 5) is 23.3. The van der Waals surface area contributed by atoms with Crippen molar-refractivity contribution < 1.29 is 18.7 Å². The number of hydrogen-bond donors (Lipinski definition) is 1. The Bertz CT molecular complexity index is 700. The van der Waals surface area contributed by atoms with E-state index in [1.54, 1.807) is 37.3 Å². The SMILES string of the molecule is CC(=O)c1cccc(O[C@H](C)C(=O)Nc2ccccc2F)c1. The summed E-state index contributed by atoms with van der Waals surface area (Å²) in [7, 11) is 0. The van der Waals surface area contributed by atoms with Crippen LogP contribution in [0.1, 0.15) is 24.2 Å². The largest absolute Gasteiger partial charge is 0.481 e. The first kappa shape index (κ1) is 15.7. The van der Waals surface area contributed by atoms with Crippen molar-refractivity contribution in [2.24, 2.45) is 0 Å². The van der Waals surface area contributed by atoms with E-state index < -0.39 is 17.8 Å².